The molecular formula is C20H17F3N2O2. The molecule has 0 unspecified atom stereocenters. The number of hydrogen-bond acceptors (Lipinski definition) is 2. The third kappa shape index (κ3) is 4.20. The van der Waals surface area contributed by atoms with Crippen LogP contribution in [0.25, 0.3) is 10.8 Å². The van der Waals surface area contributed by atoms with Crippen molar-refractivity contribution in [3.63, 3.8) is 0 Å². The lowest BCUT2D eigenvalue weighted by atomic mass is 10.1. The molecule has 0 radical (unpaired) electrons. The van der Waals surface area contributed by atoms with Gasteiger partial charge in [-0.05, 0) is 29.5 Å². The number of alkyl halides is 3. The summed E-state index contributed by atoms with van der Waals surface area (Å²) in [5.41, 5.74) is 1.88. The Hall–Kier alpha value is -3.06. The van der Waals surface area contributed by atoms with Crippen molar-refractivity contribution in [1.29, 1.82) is 0 Å². The summed E-state index contributed by atoms with van der Waals surface area (Å²) in [4.78, 5) is 13.5. The van der Waals surface area contributed by atoms with Gasteiger partial charge in [-0.15, -0.1) is 0 Å². The summed E-state index contributed by atoms with van der Waals surface area (Å²) in [5.74, 6) is 0. The van der Waals surface area contributed by atoms with Gasteiger partial charge in [0.2, 0.25) is 0 Å². The van der Waals surface area contributed by atoms with Crippen molar-refractivity contribution in [1.82, 2.24) is 5.48 Å². The molecule has 0 aliphatic heterocycles. The number of hydroxylamine groups is 1. The molecule has 3 aromatic rings. The lowest BCUT2D eigenvalue weighted by Crippen LogP contribution is -2.40. The van der Waals surface area contributed by atoms with E-state index in [1.807, 2.05) is 30.3 Å². The fourth-order valence-electron chi connectivity index (χ4n) is 2.98. The highest BCUT2D eigenvalue weighted by molar-refractivity contribution is 6.02. The van der Waals surface area contributed by atoms with Crippen LogP contribution in [0.5, 0.6) is 0 Å². The highest BCUT2D eigenvalue weighted by atomic mass is 19.4. The standard InChI is InChI=1S/C20H17F3N2O2/c21-20(22,23)16-8-3-5-14(13-16)11-12-25(19(26)24-27)18-10-4-7-15-6-1-2-9-17(15)18/h1-10,13,27H,11-12H2,(H,24,26). The number of hydrogen-bond donors (Lipinski definition) is 2. The molecule has 0 bridgehead atoms. The van der Waals surface area contributed by atoms with Gasteiger partial charge >= 0.3 is 12.2 Å². The second kappa shape index (κ2) is 7.67. The molecule has 0 heterocycles. The molecule has 140 valence electrons. The van der Waals surface area contributed by atoms with Crippen LogP contribution in [0.3, 0.4) is 0 Å². The zero-order valence-corrected chi connectivity index (χ0v) is 14.2. The Morgan fingerprint density at radius 3 is 2.44 bits per heavy atom. The maximum atomic E-state index is 12.9. The summed E-state index contributed by atoms with van der Waals surface area (Å²) in [7, 11) is 0. The first-order chi connectivity index (χ1) is 12.9. The molecule has 7 heteroatoms. The number of nitrogens with zero attached hydrogens (tertiary/aromatic N) is 1. The van der Waals surface area contributed by atoms with E-state index in [9.17, 15) is 18.0 Å². The second-order valence-corrected chi connectivity index (χ2v) is 6.02. The Bertz CT molecular complexity index is 952. The minimum absolute atomic E-state index is 0.0989. The molecule has 0 fully saturated rings. The van der Waals surface area contributed by atoms with Crippen molar-refractivity contribution in [2.45, 2.75) is 12.6 Å². The molecule has 3 aromatic carbocycles. The maximum Gasteiger partial charge on any atom is 0.416 e. The Morgan fingerprint density at radius 2 is 1.70 bits per heavy atom. The Morgan fingerprint density at radius 1 is 1.00 bits per heavy atom. The van der Waals surface area contributed by atoms with Crippen LogP contribution >= 0.6 is 0 Å². The molecule has 2 amide bonds. The van der Waals surface area contributed by atoms with Crippen molar-refractivity contribution in [2.24, 2.45) is 0 Å². The minimum Gasteiger partial charge on any atom is -0.292 e. The van der Waals surface area contributed by atoms with Crippen LogP contribution in [-0.2, 0) is 12.6 Å². The number of carbonyl (C=O) groups is 1. The van der Waals surface area contributed by atoms with Gasteiger partial charge in [0, 0.05) is 11.9 Å². The average molecular weight is 374 g/mol. The molecule has 0 spiro atoms. The summed E-state index contributed by atoms with van der Waals surface area (Å²) >= 11 is 0. The van der Waals surface area contributed by atoms with Gasteiger partial charge in [0.15, 0.2) is 0 Å². The van der Waals surface area contributed by atoms with Crippen molar-refractivity contribution >= 4 is 22.5 Å². The van der Waals surface area contributed by atoms with Crippen LogP contribution in [-0.4, -0.2) is 17.8 Å². The number of halogens is 3. The van der Waals surface area contributed by atoms with Crippen LogP contribution in [0.15, 0.2) is 66.7 Å². The van der Waals surface area contributed by atoms with E-state index in [4.69, 9.17) is 5.21 Å². The minimum atomic E-state index is -4.42. The van der Waals surface area contributed by atoms with Crippen molar-refractivity contribution in [3.05, 3.63) is 77.9 Å². The van der Waals surface area contributed by atoms with Gasteiger partial charge in [-0.3, -0.25) is 10.1 Å². The molecule has 0 saturated carbocycles. The van der Waals surface area contributed by atoms with Crippen LogP contribution in [0.4, 0.5) is 23.7 Å². The SMILES string of the molecule is O=C(NO)N(CCc1cccc(C(F)(F)F)c1)c1cccc2ccccc12. The Kier molecular flexibility index (Phi) is 5.32. The van der Waals surface area contributed by atoms with Gasteiger partial charge in [0.05, 0.1) is 11.3 Å². The summed E-state index contributed by atoms with van der Waals surface area (Å²) in [6.45, 7) is 0.0989. The van der Waals surface area contributed by atoms with Gasteiger partial charge in [-0.2, -0.15) is 13.2 Å². The van der Waals surface area contributed by atoms with E-state index < -0.39 is 17.8 Å². The van der Waals surface area contributed by atoms with Gasteiger partial charge < -0.3 is 0 Å². The van der Waals surface area contributed by atoms with Crippen LogP contribution < -0.4 is 10.4 Å². The maximum absolute atomic E-state index is 12.9. The first-order valence-electron chi connectivity index (χ1n) is 8.25. The zero-order chi connectivity index (χ0) is 19.4. The highest BCUT2D eigenvalue weighted by Gasteiger charge is 2.30. The van der Waals surface area contributed by atoms with Crippen molar-refractivity contribution < 1.29 is 23.2 Å². The monoisotopic (exact) mass is 374 g/mol. The third-order valence-electron chi connectivity index (χ3n) is 4.28. The second-order valence-electron chi connectivity index (χ2n) is 6.02. The van der Waals surface area contributed by atoms with E-state index in [0.29, 0.717) is 11.3 Å². The summed E-state index contributed by atoms with van der Waals surface area (Å²) < 4.78 is 38.6. The van der Waals surface area contributed by atoms with Crippen LogP contribution in [0, 0.1) is 0 Å². The van der Waals surface area contributed by atoms with Gasteiger partial charge in [0.25, 0.3) is 0 Å². The molecule has 3 rings (SSSR count). The highest BCUT2D eigenvalue weighted by Crippen LogP contribution is 2.30. The van der Waals surface area contributed by atoms with E-state index in [1.165, 1.54) is 11.0 Å². The largest absolute Gasteiger partial charge is 0.416 e. The van der Waals surface area contributed by atoms with E-state index >= 15 is 0 Å². The lowest BCUT2D eigenvalue weighted by molar-refractivity contribution is -0.137. The molecule has 0 aliphatic rings. The van der Waals surface area contributed by atoms with Crippen LogP contribution in [0.1, 0.15) is 11.1 Å². The van der Waals surface area contributed by atoms with E-state index in [0.717, 1.165) is 22.9 Å². The van der Waals surface area contributed by atoms with Gasteiger partial charge in [-0.25, -0.2) is 10.3 Å². The molecule has 0 atom stereocenters. The fraction of sp³-hybridized carbons (Fsp3) is 0.150. The molecule has 27 heavy (non-hydrogen) atoms. The first kappa shape index (κ1) is 18.7. The predicted molar refractivity (Wildman–Crippen MR) is 96.8 cm³/mol. The number of nitrogens with one attached hydrogen (secondary N) is 1. The molecule has 0 aliphatic carbocycles. The quantitative estimate of drug-likeness (QED) is 0.498. The smallest absolute Gasteiger partial charge is 0.292 e. The van der Waals surface area contributed by atoms with Crippen LogP contribution in [0.2, 0.25) is 0 Å². The van der Waals surface area contributed by atoms with Crippen molar-refractivity contribution in [3.8, 4) is 0 Å². The van der Waals surface area contributed by atoms with Crippen molar-refractivity contribution in [2.75, 3.05) is 11.4 Å². The van der Waals surface area contributed by atoms with Gasteiger partial charge in [-0.1, -0.05) is 54.6 Å². The number of rotatable bonds is 4. The first-order valence-corrected chi connectivity index (χ1v) is 8.25. The normalized spacial score (nSPS) is 11.4. The number of benzene rings is 3. The predicted octanol–water partition coefficient (Wildman–Crippen LogP) is 5.01. The molecule has 2 N–H and O–H groups in total. The molecule has 0 saturated heterocycles. The summed E-state index contributed by atoms with van der Waals surface area (Å²) in [6.07, 6.45) is -4.23. The molecule has 0 aromatic heterocycles. The number of carbonyl (C=O) groups excluding carboxylic acids is 1. The average Bonchev–Trinajstić information content (AvgIpc) is 2.67. The fourth-order valence-corrected chi connectivity index (χ4v) is 2.98. The number of anilines is 1. The Labute approximate surface area is 153 Å². The number of urea groups is 1. The van der Waals surface area contributed by atoms with Gasteiger partial charge in [0.1, 0.15) is 0 Å². The zero-order valence-electron chi connectivity index (χ0n) is 14.2. The van der Waals surface area contributed by atoms with E-state index in [2.05, 4.69) is 0 Å². The number of amides is 2. The van der Waals surface area contributed by atoms with E-state index in [1.54, 1.807) is 23.7 Å². The molecule has 4 nitrogen and oxygen atoms in total. The topological polar surface area (TPSA) is 52.6 Å². The Balaban J connectivity index is 1.90. The van der Waals surface area contributed by atoms with E-state index in [-0.39, 0.29) is 13.0 Å². The number of fused-ring (bicyclic) bond motifs is 1. The third-order valence-corrected chi connectivity index (χ3v) is 4.28. The molecular weight excluding hydrogens is 357 g/mol. The summed E-state index contributed by atoms with van der Waals surface area (Å²) in [6, 6.07) is 17.1. The summed E-state index contributed by atoms with van der Waals surface area (Å²) in [5, 5.41) is 10.8. The lowest BCUT2D eigenvalue weighted by Gasteiger charge is -2.23.